The van der Waals surface area contributed by atoms with Crippen LogP contribution in [0.3, 0.4) is 0 Å². The van der Waals surface area contributed by atoms with E-state index in [9.17, 15) is 0 Å². The molecule has 17 heavy (non-hydrogen) atoms. The van der Waals surface area contributed by atoms with Crippen molar-refractivity contribution in [2.45, 2.75) is 20.3 Å². The van der Waals surface area contributed by atoms with Gasteiger partial charge in [0, 0.05) is 19.8 Å². The van der Waals surface area contributed by atoms with Gasteiger partial charge in [0.05, 0.1) is 0 Å². The zero-order valence-corrected chi connectivity index (χ0v) is 11.1. The second-order valence-electron chi connectivity index (χ2n) is 4.94. The molecule has 0 saturated heterocycles. The number of hydrogen-bond acceptors (Lipinski definition) is 1. The van der Waals surface area contributed by atoms with E-state index in [2.05, 4.69) is 69.6 Å². The van der Waals surface area contributed by atoms with E-state index < -0.39 is 0 Å². The summed E-state index contributed by atoms with van der Waals surface area (Å²) in [5, 5.41) is 0. The van der Waals surface area contributed by atoms with E-state index in [0.29, 0.717) is 0 Å². The third-order valence-corrected chi connectivity index (χ3v) is 3.22. The first-order valence-electron chi connectivity index (χ1n) is 6.07. The van der Waals surface area contributed by atoms with E-state index in [1.54, 1.807) is 0 Å². The van der Waals surface area contributed by atoms with Crippen molar-refractivity contribution in [2.75, 3.05) is 19.0 Å². The molecule has 0 spiro atoms. The van der Waals surface area contributed by atoms with Gasteiger partial charge in [0.25, 0.3) is 0 Å². The largest absolute Gasteiger partial charge is 0.378 e. The molecule has 0 aliphatic heterocycles. The van der Waals surface area contributed by atoms with Crippen molar-refractivity contribution in [1.82, 2.24) is 0 Å². The van der Waals surface area contributed by atoms with Crippen LogP contribution in [0.25, 0.3) is 5.57 Å². The summed E-state index contributed by atoms with van der Waals surface area (Å²) in [5.41, 5.74) is 6.73. The number of rotatable bonds is 2. The van der Waals surface area contributed by atoms with Gasteiger partial charge in [-0.15, -0.1) is 0 Å². The summed E-state index contributed by atoms with van der Waals surface area (Å²) in [6.45, 7) is 4.39. The first-order valence-corrected chi connectivity index (χ1v) is 6.07. The van der Waals surface area contributed by atoms with Crippen molar-refractivity contribution >= 4 is 11.3 Å². The van der Waals surface area contributed by atoms with E-state index in [0.717, 1.165) is 6.42 Å². The van der Waals surface area contributed by atoms with Crippen molar-refractivity contribution in [3.05, 3.63) is 53.5 Å². The van der Waals surface area contributed by atoms with Crippen LogP contribution < -0.4 is 4.90 Å². The number of hydrogen-bond donors (Lipinski definition) is 0. The monoisotopic (exact) mass is 226 g/mol. The Bertz CT molecular complexity index is 478. The van der Waals surface area contributed by atoms with Crippen molar-refractivity contribution in [1.29, 1.82) is 0 Å². The lowest BCUT2D eigenvalue weighted by Crippen LogP contribution is -2.08. The number of anilines is 1. The lowest BCUT2D eigenvalue weighted by molar-refractivity contribution is 1.09. The summed E-state index contributed by atoms with van der Waals surface area (Å²) >= 11 is 0. The van der Waals surface area contributed by atoms with Crippen LogP contribution in [-0.2, 0) is 0 Å². The fourth-order valence-corrected chi connectivity index (χ4v) is 2.11. The molecule has 89 valence electrons. The number of nitrogens with zero attached hydrogens (tertiary/aromatic N) is 1. The van der Waals surface area contributed by atoms with Gasteiger partial charge in [-0.2, -0.15) is 0 Å². The minimum Gasteiger partial charge on any atom is -0.378 e. The Labute approximate surface area is 104 Å². The maximum atomic E-state index is 2.31. The average molecular weight is 226 g/mol. The maximum absolute atomic E-state index is 2.31. The molecule has 1 heteroatoms. The van der Waals surface area contributed by atoms with Gasteiger partial charge in [-0.1, -0.05) is 29.4 Å². The zero-order chi connectivity index (χ0) is 12.4. The second-order valence-corrected chi connectivity index (χ2v) is 4.94. The van der Waals surface area contributed by atoms with E-state index in [4.69, 9.17) is 0 Å². The van der Waals surface area contributed by atoms with Gasteiger partial charge in [-0.3, -0.25) is 0 Å². The molecule has 1 aliphatic carbocycles. The van der Waals surface area contributed by atoms with E-state index in [1.165, 1.54) is 28.0 Å². The van der Waals surface area contributed by atoms with Crippen molar-refractivity contribution < 1.29 is 0 Å². The van der Waals surface area contributed by atoms with Crippen LogP contribution in [0.4, 0.5) is 5.69 Å². The summed E-state index contributed by atoms with van der Waals surface area (Å²) in [5.74, 6) is 0. The Morgan fingerprint density at radius 1 is 1.12 bits per heavy atom. The van der Waals surface area contributed by atoms with Gasteiger partial charge in [-0.05, 0) is 50.0 Å². The standard InChI is InChI=1S/C16H20N/c1-12-8-9-13(2)16(10-12)14-6-5-7-15(11-14)17(3)4/h5-7,9-11H,8H2,1-4H3. The SMILES string of the molecule is CC1=CC(c2cccc(N(C)C)c2)=C(C)[CH]C1. The van der Waals surface area contributed by atoms with Gasteiger partial charge < -0.3 is 4.90 Å². The Morgan fingerprint density at radius 2 is 1.88 bits per heavy atom. The molecule has 0 amide bonds. The maximum Gasteiger partial charge on any atom is 0.0367 e. The van der Waals surface area contributed by atoms with Crippen molar-refractivity contribution in [2.24, 2.45) is 0 Å². The molecule has 0 heterocycles. The minimum atomic E-state index is 1.09. The lowest BCUT2D eigenvalue weighted by Gasteiger charge is -2.18. The predicted octanol–water partition coefficient (Wildman–Crippen LogP) is 4.08. The molecule has 1 aliphatic rings. The van der Waals surface area contributed by atoms with Gasteiger partial charge >= 0.3 is 0 Å². The molecule has 2 rings (SSSR count). The molecule has 0 bridgehead atoms. The fourth-order valence-electron chi connectivity index (χ4n) is 2.11. The molecular formula is C16H20N. The molecule has 0 N–H and O–H groups in total. The Balaban J connectivity index is 2.43. The van der Waals surface area contributed by atoms with Gasteiger partial charge in [0.1, 0.15) is 0 Å². The third kappa shape index (κ3) is 2.60. The zero-order valence-electron chi connectivity index (χ0n) is 11.1. The van der Waals surface area contributed by atoms with Gasteiger partial charge in [0.15, 0.2) is 0 Å². The normalized spacial score (nSPS) is 15.9. The summed E-state index contributed by atoms with van der Waals surface area (Å²) in [4.78, 5) is 2.14. The van der Waals surface area contributed by atoms with Gasteiger partial charge in [-0.25, -0.2) is 0 Å². The molecule has 0 unspecified atom stereocenters. The first-order chi connectivity index (χ1) is 8.08. The van der Waals surface area contributed by atoms with Gasteiger partial charge in [0.2, 0.25) is 0 Å². The van der Waals surface area contributed by atoms with Crippen LogP contribution in [0.1, 0.15) is 25.8 Å². The molecule has 0 fully saturated rings. The fraction of sp³-hybridized carbons (Fsp3) is 0.312. The van der Waals surface area contributed by atoms with Crippen LogP contribution in [0, 0.1) is 6.42 Å². The summed E-state index contributed by atoms with van der Waals surface area (Å²) < 4.78 is 0. The molecule has 1 radical (unpaired) electrons. The molecule has 0 atom stereocenters. The third-order valence-electron chi connectivity index (χ3n) is 3.22. The highest BCUT2D eigenvalue weighted by Gasteiger charge is 2.10. The minimum absolute atomic E-state index is 1.09. The summed E-state index contributed by atoms with van der Waals surface area (Å²) in [6.07, 6.45) is 5.71. The highest BCUT2D eigenvalue weighted by atomic mass is 15.1. The summed E-state index contributed by atoms with van der Waals surface area (Å²) in [6, 6.07) is 8.71. The van der Waals surface area contributed by atoms with Crippen LogP contribution in [0.5, 0.6) is 0 Å². The summed E-state index contributed by atoms with van der Waals surface area (Å²) in [7, 11) is 4.16. The molecule has 1 aromatic rings. The van der Waals surface area contributed by atoms with Crippen molar-refractivity contribution in [3.63, 3.8) is 0 Å². The highest BCUT2D eigenvalue weighted by molar-refractivity contribution is 5.81. The lowest BCUT2D eigenvalue weighted by atomic mass is 9.89. The van der Waals surface area contributed by atoms with E-state index in [1.807, 2.05) is 0 Å². The Hall–Kier alpha value is -1.50. The topological polar surface area (TPSA) is 3.24 Å². The second kappa shape index (κ2) is 4.79. The number of allylic oxidation sites excluding steroid dienone is 4. The molecule has 0 saturated carbocycles. The quantitative estimate of drug-likeness (QED) is 0.734. The van der Waals surface area contributed by atoms with E-state index in [-0.39, 0.29) is 0 Å². The first kappa shape index (κ1) is 12.0. The average Bonchev–Trinajstić information content (AvgIpc) is 2.32. The van der Waals surface area contributed by atoms with Crippen LogP contribution in [0.2, 0.25) is 0 Å². The predicted molar refractivity (Wildman–Crippen MR) is 76.0 cm³/mol. The number of benzene rings is 1. The molecule has 1 nitrogen and oxygen atoms in total. The Morgan fingerprint density at radius 3 is 2.59 bits per heavy atom. The van der Waals surface area contributed by atoms with Crippen LogP contribution in [0.15, 0.2) is 41.5 Å². The Kier molecular flexibility index (Phi) is 3.37. The highest BCUT2D eigenvalue weighted by Crippen LogP contribution is 2.31. The van der Waals surface area contributed by atoms with Crippen molar-refractivity contribution in [3.8, 4) is 0 Å². The molecule has 1 aromatic carbocycles. The molecule has 0 aromatic heterocycles. The smallest absolute Gasteiger partial charge is 0.0367 e. The molecular weight excluding hydrogens is 206 g/mol. The van der Waals surface area contributed by atoms with E-state index >= 15 is 0 Å². The van der Waals surface area contributed by atoms with Crippen LogP contribution >= 0.6 is 0 Å². The van der Waals surface area contributed by atoms with Crippen LogP contribution in [-0.4, -0.2) is 14.1 Å².